The first-order valence-corrected chi connectivity index (χ1v) is 10.9. The van der Waals surface area contributed by atoms with Crippen molar-refractivity contribution in [3.8, 4) is 11.5 Å². The van der Waals surface area contributed by atoms with Gasteiger partial charge in [-0.2, -0.15) is 0 Å². The van der Waals surface area contributed by atoms with Gasteiger partial charge in [0.2, 0.25) is 0 Å². The van der Waals surface area contributed by atoms with Crippen LogP contribution < -0.4 is 14.8 Å². The number of para-hydroxylation sites is 3. The van der Waals surface area contributed by atoms with Crippen molar-refractivity contribution in [1.29, 1.82) is 0 Å². The summed E-state index contributed by atoms with van der Waals surface area (Å²) in [6.07, 6.45) is 3.07. The summed E-state index contributed by atoms with van der Waals surface area (Å²) in [5.41, 5.74) is 3.51. The van der Waals surface area contributed by atoms with E-state index in [-0.39, 0.29) is 0 Å². The van der Waals surface area contributed by atoms with Gasteiger partial charge in [-0.25, -0.2) is 0 Å². The SMILES string of the molecule is CC(C)CCOc1ccccc1CNc1ccccc1OCCCc1ccccc1. The van der Waals surface area contributed by atoms with Crippen LogP contribution in [0.1, 0.15) is 37.8 Å². The molecule has 0 bridgehead atoms. The summed E-state index contributed by atoms with van der Waals surface area (Å²) in [4.78, 5) is 0. The predicted octanol–water partition coefficient (Wildman–Crippen LogP) is 6.74. The smallest absolute Gasteiger partial charge is 0.142 e. The van der Waals surface area contributed by atoms with Crippen molar-refractivity contribution in [3.63, 3.8) is 0 Å². The van der Waals surface area contributed by atoms with E-state index in [1.807, 2.05) is 30.3 Å². The lowest BCUT2D eigenvalue weighted by Gasteiger charge is -2.16. The fourth-order valence-corrected chi connectivity index (χ4v) is 3.23. The molecule has 1 N–H and O–H groups in total. The van der Waals surface area contributed by atoms with Crippen LogP contribution in [0.2, 0.25) is 0 Å². The Bertz CT molecular complexity index is 877. The minimum atomic E-state index is 0.640. The lowest BCUT2D eigenvalue weighted by molar-refractivity contribution is 0.287. The normalized spacial score (nSPS) is 10.8. The van der Waals surface area contributed by atoms with Gasteiger partial charge in [-0.3, -0.25) is 0 Å². The molecule has 0 aromatic heterocycles. The predicted molar refractivity (Wildman–Crippen MR) is 125 cm³/mol. The Balaban J connectivity index is 1.52. The minimum Gasteiger partial charge on any atom is -0.493 e. The summed E-state index contributed by atoms with van der Waals surface area (Å²) >= 11 is 0. The fraction of sp³-hybridized carbons (Fsp3) is 0.333. The number of aryl methyl sites for hydroxylation is 1. The van der Waals surface area contributed by atoms with E-state index in [2.05, 4.69) is 67.7 Å². The van der Waals surface area contributed by atoms with Gasteiger partial charge in [0.25, 0.3) is 0 Å². The first-order valence-electron chi connectivity index (χ1n) is 10.9. The molecule has 0 atom stereocenters. The first-order chi connectivity index (χ1) is 14.7. The van der Waals surface area contributed by atoms with E-state index in [1.165, 1.54) is 5.56 Å². The van der Waals surface area contributed by atoms with Crippen LogP contribution in [-0.4, -0.2) is 13.2 Å². The van der Waals surface area contributed by atoms with Crippen LogP contribution in [0, 0.1) is 5.92 Å². The number of benzene rings is 3. The van der Waals surface area contributed by atoms with Crippen LogP contribution in [0.5, 0.6) is 11.5 Å². The molecule has 0 fully saturated rings. The molecule has 0 heterocycles. The molecular weight excluding hydrogens is 370 g/mol. The van der Waals surface area contributed by atoms with Crippen LogP contribution in [0.15, 0.2) is 78.9 Å². The van der Waals surface area contributed by atoms with Gasteiger partial charge in [0.15, 0.2) is 0 Å². The van der Waals surface area contributed by atoms with Gasteiger partial charge >= 0.3 is 0 Å². The maximum absolute atomic E-state index is 6.08. The Kier molecular flexibility index (Phi) is 8.64. The van der Waals surface area contributed by atoms with Crippen LogP contribution in [0.3, 0.4) is 0 Å². The van der Waals surface area contributed by atoms with Crippen molar-refractivity contribution in [2.45, 2.75) is 39.7 Å². The molecule has 158 valence electrons. The van der Waals surface area contributed by atoms with Gasteiger partial charge in [-0.1, -0.05) is 74.5 Å². The maximum Gasteiger partial charge on any atom is 0.142 e. The Labute approximate surface area is 181 Å². The molecule has 0 spiro atoms. The van der Waals surface area contributed by atoms with Gasteiger partial charge < -0.3 is 14.8 Å². The second-order valence-corrected chi connectivity index (χ2v) is 7.93. The van der Waals surface area contributed by atoms with Crippen LogP contribution in [0.25, 0.3) is 0 Å². The molecule has 30 heavy (non-hydrogen) atoms. The Hall–Kier alpha value is -2.94. The molecule has 3 heteroatoms. The average molecular weight is 404 g/mol. The van der Waals surface area contributed by atoms with Gasteiger partial charge in [0.05, 0.1) is 18.9 Å². The fourth-order valence-electron chi connectivity index (χ4n) is 3.23. The molecule has 0 aliphatic rings. The van der Waals surface area contributed by atoms with Crippen LogP contribution in [0.4, 0.5) is 5.69 Å². The maximum atomic E-state index is 6.08. The van der Waals surface area contributed by atoms with Crippen molar-refractivity contribution in [3.05, 3.63) is 90.0 Å². The quantitative estimate of drug-likeness (QED) is 0.340. The highest BCUT2D eigenvalue weighted by Crippen LogP contribution is 2.26. The zero-order valence-electron chi connectivity index (χ0n) is 18.1. The molecule has 3 aromatic carbocycles. The van der Waals surface area contributed by atoms with Crippen molar-refractivity contribution in [2.24, 2.45) is 5.92 Å². The van der Waals surface area contributed by atoms with E-state index in [1.54, 1.807) is 0 Å². The van der Waals surface area contributed by atoms with Gasteiger partial charge in [0.1, 0.15) is 11.5 Å². The van der Waals surface area contributed by atoms with E-state index >= 15 is 0 Å². The molecule has 0 aliphatic carbocycles. The number of ether oxygens (including phenoxy) is 2. The molecule has 0 aliphatic heterocycles. The number of anilines is 1. The monoisotopic (exact) mass is 403 g/mol. The molecule has 0 unspecified atom stereocenters. The molecule has 3 aromatic rings. The highest BCUT2D eigenvalue weighted by Gasteiger charge is 2.07. The number of rotatable bonds is 12. The summed E-state index contributed by atoms with van der Waals surface area (Å²) in [5, 5.41) is 3.52. The lowest BCUT2D eigenvalue weighted by atomic mass is 10.1. The van der Waals surface area contributed by atoms with Gasteiger partial charge in [0, 0.05) is 12.1 Å². The first kappa shape index (κ1) is 21.8. The molecule has 0 saturated heterocycles. The topological polar surface area (TPSA) is 30.5 Å². The van der Waals surface area contributed by atoms with Gasteiger partial charge in [-0.15, -0.1) is 0 Å². The van der Waals surface area contributed by atoms with Crippen LogP contribution >= 0.6 is 0 Å². The largest absolute Gasteiger partial charge is 0.493 e. The zero-order chi connectivity index (χ0) is 21.0. The molecule has 3 rings (SSSR count). The number of hydrogen-bond acceptors (Lipinski definition) is 3. The summed E-state index contributed by atoms with van der Waals surface area (Å²) in [5.74, 6) is 2.48. The summed E-state index contributed by atoms with van der Waals surface area (Å²) in [6.45, 7) is 6.57. The minimum absolute atomic E-state index is 0.640. The highest BCUT2D eigenvalue weighted by molar-refractivity contribution is 5.56. The van der Waals surface area contributed by atoms with Crippen molar-refractivity contribution in [1.82, 2.24) is 0 Å². The second-order valence-electron chi connectivity index (χ2n) is 7.93. The van der Waals surface area contributed by atoms with Gasteiger partial charge in [-0.05, 0) is 48.9 Å². The standard InChI is InChI=1S/C27H33NO2/c1-22(2)18-20-30-26-16-8-6-14-24(26)21-28-25-15-7-9-17-27(25)29-19-10-13-23-11-4-3-5-12-23/h3-9,11-12,14-17,22,28H,10,13,18-21H2,1-2H3. The molecule has 0 amide bonds. The molecular formula is C27H33NO2. The third-order valence-electron chi connectivity index (χ3n) is 4.99. The Morgan fingerprint density at radius 2 is 1.40 bits per heavy atom. The van der Waals surface area contributed by atoms with Crippen molar-refractivity contribution >= 4 is 5.69 Å². The Morgan fingerprint density at radius 3 is 2.20 bits per heavy atom. The molecule has 0 saturated carbocycles. The molecule has 3 nitrogen and oxygen atoms in total. The van der Waals surface area contributed by atoms with Crippen LogP contribution in [-0.2, 0) is 13.0 Å². The second kappa shape index (κ2) is 11.9. The van der Waals surface area contributed by atoms with E-state index < -0.39 is 0 Å². The summed E-state index contributed by atoms with van der Waals surface area (Å²) < 4.78 is 12.1. The zero-order valence-corrected chi connectivity index (χ0v) is 18.1. The number of nitrogens with one attached hydrogen (secondary N) is 1. The Morgan fingerprint density at radius 1 is 0.733 bits per heavy atom. The van der Waals surface area contributed by atoms with E-state index in [0.717, 1.165) is 48.6 Å². The van der Waals surface area contributed by atoms with Crippen molar-refractivity contribution < 1.29 is 9.47 Å². The lowest BCUT2D eigenvalue weighted by Crippen LogP contribution is -2.07. The molecule has 0 radical (unpaired) electrons. The summed E-state index contributed by atoms with van der Waals surface area (Å²) in [7, 11) is 0. The summed E-state index contributed by atoms with van der Waals surface area (Å²) in [6, 6.07) is 26.9. The van der Waals surface area contributed by atoms with Crippen molar-refractivity contribution in [2.75, 3.05) is 18.5 Å². The average Bonchev–Trinajstić information content (AvgIpc) is 2.77. The highest BCUT2D eigenvalue weighted by atomic mass is 16.5. The van der Waals surface area contributed by atoms with E-state index in [0.29, 0.717) is 19.1 Å². The van der Waals surface area contributed by atoms with E-state index in [4.69, 9.17) is 9.47 Å². The third-order valence-corrected chi connectivity index (χ3v) is 4.99. The van der Waals surface area contributed by atoms with E-state index in [9.17, 15) is 0 Å². The third kappa shape index (κ3) is 7.14. The number of hydrogen-bond donors (Lipinski definition) is 1.